The van der Waals surface area contributed by atoms with Crippen molar-refractivity contribution in [3.05, 3.63) is 53.8 Å². The zero-order valence-corrected chi connectivity index (χ0v) is 22.0. The number of benzene rings is 2. The van der Waals surface area contributed by atoms with Crippen molar-refractivity contribution >= 4 is 16.8 Å². The van der Waals surface area contributed by atoms with Gasteiger partial charge in [-0.1, -0.05) is 17.3 Å². The van der Waals surface area contributed by atoms with Crippen molar-refractivity contribution in [1.82, 2.24) is 30.1 Å². The fraction of sp³-hybridized carbons (Fsp3) is 0.393. The van der Waals surface area contributed by atoms with E-state index in [9.17, 15) is 9.18 Å². The van der Waals surface area contributed by atoms with E-state index < -0.39 is 5.82 Å². The van der Waals surface area contributed by atoms with Crippen LogP contribution in [0.1, 0.15) is 10.4 Å². The van der Waals surface area contributed by atoms with Gasteiger partial charge < -0.3 is 23.8 Å². The number of H-pyrrole nitrogens is 1. The van der Waals surface area contributed by atoms with Gasteiger partial charge in [-0.2, -0.15) is 5.10 Å². The number of piperazine rings is 1. The molecule has 2 saturated heterocycles. The summed E-state index contributed by atoms with van der Waals surface area (Å²) >= 11 is 0. The molecule has 2 fully saturated rings. The largest absolute Gasteiger partial charge is 0.488 e. The van der Waals surface area contributed by atoms with Crippen LogP contribution in [0.5, 0.6) is 5.75 Å². The molecule has 2 aliphatic rings. The van der Waals surface area contributed by atoms with Crippen LogP contribution in [0.3, 0.4) is 0 Å². The number of rotatable bonds is 8. The number of hydrogen-bond acceptors (Lipinski definition) is 8. The maximum Gasteiger partial charge on any atom is 0.253 e. The first-order valence-corrected chi connectivity index (χ1v) is 13.1. The van der Waals surface area contributed by atoms with E-state index in [0.29, 0.717) is 46.3 Å². The Labute approximate surface area is 225 Å². The summed E-state index contributed by atoms with van der Waals surface area (Å²) in [5.41, 5.74) is 3.11. The minimum absolute atomic E-state index is 0.0448. The molecule has 0 saturated carbocycles. The summed E-state index contributed by atoms with van der Waals surface area (Å²) in [6.45, 7) is 6.42. The van der Waals surface area contributed by atoms with Crippen molar-refractivity contribution in [2.45, 2.75) is 6.04 Å². The van der Waals surface area contributed by atoms with Gasteiger partial charge in [-0.25, -0.2) is 4.39 Å². The molecule has 0 aliphatic carbocycles. The van der Waals surface area contributed by atoms with E-state index in [1.807, 2.05) is 29.2 Å². The number of fused-ring (bicyclic) bond motifs is 1. The molecule has 4 aromatic rings. The molecule has 0 spiro atoms. The second-order valence-corrected chi connectivity index (χ2v) is 10.1. The van der Waals surface area contributed by atoms with Crippen LogP contribution in [-0.2, 0) is 4.74 Å². The third kappa shape index (κ3) is 5.12. The summed E-state index contributed by atoms with van der Waals surface area (Å²) in [6.07, 6.45) is 0. The van der Waals surface area contributed by atoms with Crippen molar-refractivity contribution in [3.8, 4) is 28.5 Å². The summed E-state index contributed by atoms with van der Waals surface area (Å²) in [6, 6.07) is 12.5. The summed E-state index contributed by atoms with van der Waals surface area (Å²) in [5, 5.41) is 11.9. The minimum Gasteiger partial charge on any atom is -0.488 e. The molecule has 1 N–H and O–H groups in total. The van der Waals surface area contributed by atoms with Gasteiger partial charge in [-0.05, 0) is 25.2 Å². The Morgan fingerprint density at radius 1 is 1.10 bits per heavy atom. The van der Waals surface area contributed by atoms with Gasteiger partial charge in [0.25, 0.3) is 5.91 Å². The number of halogens is 1. The Balaban J connectivity index is 1.11. The average molecular weight is 535 g/mol. The number of methoxy groups -OCH3 is 1. The van der Waals surface area contributed by atoms with E-state index in [-0.39, 0.29) is 18.3 Å². The first-order valence-electron chi connectivity index (χ1n) is 13.1. The standard InChI is InChI=1S/C28H31FN6O4/c1-33-7-9-34(10-8-33)20-16-35(17-20)28(36)19-5-3-18(4-6-19)23-14-26(39-32-23)27-21-13-22(29)25(38-12-11-37-2)15-24(21)30-31-27/h3-6,13-15,20H,7-12,16-17H2,1-2H3,(H,30,31). The highest BCUT2D eigenvalue weighted by molar-refractivity contribution is 5.95. The number of carbonyl (C=O) groups excluding carboxylic acids is 1. The molecule has 11 heteroatoms. The molecule has 0 unspecified atom stereocenters. The first kappa shape index (κ1) is 25.5. The lowest BCUT2D eigenvalue weighted by Gasteiger charge is -2.47. The van der Waals surface area contributed by atoms with Gasteiger partial charge in [-0.15, -0.1) is 0 Å². The minimum atomic E-state index is -0.502. The van der Waals surface area contributed by atoms with Crippen LogP contribution in [0.25, 0.3) is 33.6 Å². The Morgan fingerprint density at radius 3 is 2.62 bits per heavy atom. The lowest BCUT2D eigenvalue weighted by molar-refractivity contribution is 0.0110. The fourth-order valence-corrected chi connectivity index (χ4v) is 5.08. The second-order valence-electron chi connectivity index (χ2n) is 10.1. The highest BCUT2D eigenvalue weighted by Crippen LogP contribution is 2.33. The number of carbonyl (C=O) groups is 1. The van der Waals surface area contributed by atoms with E-state index in [4.69, 9.17) is 14.0 Å². The lowest BCUT2D eigenvalue weighted by atomic mass is 10.0. The normalized spacial score (nSPS) is 17.1. The molecule has 6 rings (SSSR count). The fourth-order valence-electron chi connectivity index (χ4n) is 5.08. The predicted molar refractivity (Wildman–Crippen MR) is 143 cm³/mol. The number of nitrogens with one attached hydrogen (secondary N) is 1. The van der Waals surface area contributed by atoms with Gasteiger partial charge >= 0.3 is 0 Å². The van der Waals surface area contributed by atoms with Gasteiger partial charge in [0.05, 0.1) is 12.1 Å². The van der Waals surface area contributed by atoms with Gasteiger partial charge in [-0.3, -0.25) is 14.8 Å². The number of nitrogens with zero attached hydrogens (tertiary/aromatic N) is 5. The zero-order valence-electron chi connectivity index (χ0n) is 22.0. The lowest BCUT2D eigenvalue weighted by Crippen LogP contribution is -2.63. The third-order valence-corrected chi connectivity index (χ3v) is 7.54. The smallest absolute Gasteiger partial charge is 0.253 e. The number of hydrogen-bond donors (Lipinski definition) is 1. The predicted octanol–water partition coefficient (Wildman–Crippen LogP) is 3.12. The van der Waals surface area contributed by atoms with E-state index in [0.717, 1.165) is 44.8 Å². The molecule has 0 atom stereocenters. The Morgan fingerprint density at radius 2 is 1.87 bits per heavy atom. The number of amides is 1. The molecule has 0 bridgehead atoms. The first-order chi connectivity index (χ1) is 19.0. The van der Waals surface area contributed by atoms with Crippen molar-refractivity contribution in [2.24, 2.45) is 0 Å². The molecular formula is C28H31FN6O4. The molecule has 1 amide bonds. The van der Waals surface area contributed by atoms with Crippen LogP contribution in [-0.4, -0.2) is 109 Å². The molecule has 39 heavy (non-hydrogen) atoms. The van der Waals surface area contributed by atoms with Crippen LogP contribution in [0.15, 0.2) is 47.0 Å². The van der Waals surface area contributed by atoms with Gasteiger partial charge in [0.15, 0.2) is 17.3 Å². The van der Waals surface area contributed by atoms with E-state index >= 15 is 0 Å². The van der Waals surface area contributed by atoms with E-state index in [2.05, 4.69) is 32.2 Å². The molecule has 0 radical (unpaired) electrons. The Hall–Kier alpha value is -3.80. The second kappa shape index (κ2) is 10.8. The number of ether oxygens (including phenoxy) is 2. The van der Waals surface area contributed by atoms with Crippen molar-refractivity contribution in [2.75, 3.05) is 66.6 Å². The van der Waals surface area contributed by atoms with Gasteiger partial charge in [0.2, 0.25) is 0 Å². The van der Waals surface area contributed by atoms with Crippen LogP contribution in [0.2, 0.25) is 0 Å². The van der Waals surface area contributed by atoms with Crippen LogP contribution < -0.4 is 4.74 Å². The van der Waals surface area contributed by atoms with E-state index in [1.165, 1.54) is 6.07 Å². The maximum atomic E-state index is 14.6. The Kier molecular flexibility index (Phi) is 7.03. The summed E-state index contributed by atoms with van der Waals surface area (Å²) in [7, 11) is 3.70. The summed E-state index contributed by atoms with van der Waals surface area (Å²) < 4.78 is 30.6. The molecule has 2 aromatic heterocycles. The molecule has 2 aromatic carbocycles. The SMILES string of the molecule is COCCOc1cc2[nH]nc(-c3cc(-c4ccc(C(=O)N5CC(N6CCN(C)CC6)C5)cc4)no3)c2cc1F. The maximum absolute atomic E-state index is 14.6. The molecular weight excluding hydrogens is 503 g/mol. The van der Waals surface area contributed by atoms with Gasteiger partial charge in [0, 0.05) is 81.1 Å². The quantitative estimate of drug-likeness (QED) is 0.344. The van der Waals surface area contributed by atoms with Crippen LogP contribution in [0.4, 0.5) is 4.39 Å². The number of likely N-dealkylation sites (N-methyl/N-ethyl adjacent to an activating group) is 1. The number of aromatic amines is 1. The molecule has 2 aliphatic heterocycles. The van der Waals surface area contributed by atoms with Crippen LogP contribution in [0, 0.1) is 5.82 Å². The molecule has 4 heterocycles. The third-order valence-electron chi connectivity index (χ3n) is 7.54. The highest BCUT2D eigenvalue weighted by Gasteiger charge is 2.36. The topological polar surface area (TPSA) is 100.0 Å². The molecule has 204 valence electrons. The van der Waals surface area contributed by atoms with E-state index in [1.54, 1.807) is 19.2 Å². The van der Waals surface area contributed by atoms with Crippen molar-refractivity contribution in [3.63, 3.8) is 0 Å². The zero-order chi connectivity index (χ0) is 26.9. The average Bonchev–Trinajstić information content (AvgIpc) is 3.56. The van der Waals surface area contributed by atoms with Crippen molar-refractivity contribution in [1.29, 1.82) is 0 Å². The monoisotopic (exact) mass is 534 g/mol. The highest BCUT2D eigenvalue weighted by atomic mass is 19.1. The summed E-state index contributed by atoms with van der Waals surface area (Å²) in [5.74, 6) is 0.0664. The molecule has 10 nitrogen and oxygen atoms in total. The number of likely N-dealkylation sites (tertiary alicyclic amines) is 1. The van der Waals surface area contributed by atoms with Crippen LogP contribution >= 0.6 is 0 Å². The number of aromatic nitrogens is 3. The van der Waals surface area contributed by atoms with Gasteiger partial charge in [0.1, 0.15) is 18.0 Å². The van der Waals surface area contributed by atoms with Crippen molar-refractivity contribution < 1.29 is 23.2 Å². The Bertz CT molecular complexity index is 1450. The summed E-state index contributed by atoms with van der Waals surface area (Å²) in [4.78, 5) is 19.7.